The third-order valence-electron chi connectivity index (χ3n) is 3.13. The molecule has 0 bridgehead atoms. The fourth-order valence-electron chi connectivity index (χ4n) is 2.21. The highest BCUT2D eigenvalue weighted by Crippen LogP contribution is 2.43. The lowest BCUT2D eigenvalue weighted by Gasteiger charge is -2.25. The predicted octanol–water partition coefficient (Wildman–Crippen LogP) is 4.40. The van der Waals surface area contributed by atoms with E-state index in [9.17, 15) is 0 Å². The molecule has 1 radical (unpaired) electrons. The van der Waals surface area contributed by atoms with E-state index in [-0.39, 0.29) is 0 Å². The first kappa shape index (κ1) is 13.3. The second-order valence-electron chi connectivity index (χ2n) is 5.21. The highest BCUT2D eigenvalue weighted by molar-refractivity contribution is 8.09. The first-order chi connectivity index (χ1) is 9.74. The minimum absolute atomic E-state index is 0.359. The monoisotopic (exact) mass is 285 g/mol. The van der Waals surface area contributed by atoms with Crippen molar-refractivity contribution >= 4 is 22.4 Å². The van der Waals surface area contributed by atoms with Crippen molar-refractivity contribution in [1.29, 1.82) is 0 Å². The van der Waals surface area contributed by atoms with Crippen LogP contribution >= 0.6 is 11.8 Å². The molecule has 1 aromatic heterocycles. The van der Waals surface area contributed by atoms with Crippen LogP contribution in [0.5, 0.6) is 0 Å². The molecule has 3 rings (SSSR count). The van der Waals surface area contributed by atoms with Crippen molar-refractivity contribution in [1.82, 2.24) is 4.98 Å². The van der Waals surface area contributed by atoms with Crippen LogP contribution in [0.1, 0.15) is 26.0 Å². The molecule has 0 saturated heterocycles. The Balaban J connectivity index is 1.90. The zero-order chi connectivity index (χ0) is 13.9. The van der Waals surface area contributed by atoms with Crippen molar-refractivity contribution in [3.63, 3.8) is 0 Å². The van der Waals surface area contributed by atoms with Crippen LogP contribution in [0.4, 0.5) is 5.69 Å². The van der Waals surface area contributed by atoms with Gasteiger partial charge in [0, 0.05) is 5.69 Å². The molecule has 0 amide bonds. The average molecular weight is 285 g/mol. The van der Waals surface area contributed by atoms with Crippen LogP contribution in [0.25, 0.3) is 4.91 Å². The van der Waals surface area contributed by atoms with Crippen molar-refractivity contribution < 1.29 is 4.42 Å². The van der Waals surface area contributed by atoms with Crippen LogP contribution in [0.2, 0.25) is 0 Å². The molecule has 2 heterocycles. The predicted molar refractivity (Wildman–Crippen MR) is 82.9 cm³/mol. The summed E-state index contributed by atoms with van der Waals surface area (Å²) >= 11 is 1.80. The maximum atomic E-state index is 5.40. The molecule has 4 heteroatoms. The smallest absolute Gasteiger partial charge is 0.181 e. The molecule has 103 valence electrons. The summed E-state index contributed by atoms with van der Waals surface area (Å²) in [6.45, 7) is 4.49. The van der Waals surface area contributed by atoms with Gasteiger partial charge in [-0.1, -0.05) is 43.8 Å². The lowest BCUT2D eigenvalue weighted by molar-refractivity contribution is 0.547. The maximum Gasteiger partial charge on any atom is 0.181 e. The third-order valence-corrected chi connectivity index (χ3v) is 4.33. The number of anilines is 1. The van der Waals surface area contributed by atoms with Crippen LogP contribution < -0.4 is 4.90 Å². The zero-order valence-corrected chi connectivity index (χ0v) is 12.4. The Labute approximate surface area is 123 Å². The van der Waals surface area contributed by atoms with Gasteiger partial charge < -0.3 is 9.32 Å². The van der Waals surface area contributed by atoms with Gasteiger partial charge in [0.1, 0.15) is 0 Å². The van der Waals surface area contributed by atoms with Crippen LogP contribution in [-0.4, -0.2) is 10.4 Å². The first-order valence-corrected chi connectivity index (χ1v) is 7.65. The van der Waals surface area contributed by atoms with Gasteiger partial charge in [-0.2, -0.15) is 0 Å². The molecule has 1 aliphatic rings. The normalized spacial score (nSPS) is 18.6. The first-order valence-electron chi connectivity index (χ1n) is 6.77. The zero-order valence-electron chi connectivity index (χ0n) is 11.6. The number of benzene rings is 1. The van der Waals surface area contributed by atoms with E-state index < -0.39 is 0 Å². The summed E-state index contributed by atoms with van der Waals surface area (Å²) in [5.41, 5.74) is 1.17. The van der Waals surface area contributed by atoms with Crippen molar-refractivity contribution in [3.05, 3.63) is 54.9 Å². The van der Waals surface area contributed by atoms with E-state index in [2.05, 4.69) is 54.2 Å². The minimum Gasteiger partial charge on any atom is -0.443 e. The highest BCUT2D eigenvalue weighted by atomic mass is 32.2. The Morgan fingerprint density at radius 2 is 2.15 bits per heavy atom. The lowest BCUT2D eigenvalue weighted by Crippen LogP contribution is -2.25. The summed E-state index contributed by atoms with van der Waals surface area (Å²) < 4.78 is 5.40. The number of para-hydroxylation sites is 1. The fourth-order valence-corrected chi connectivity index (χ4v) is 3.61. The molecule has 1 atom stereocenters. The molecule has 0 fully saturated rings. The molecule has 1 aliphatic heterocycles. The van der Waals surface area contributed by atoms with Crippen LogP contribution in [-0.2, 0) is 0 Å². The van der Waals surface area contributed by atoms with E-state index >= 15 is 0 Å². The number of hydrogen-bond donors (Lipinski definition) is 0. The Bertz CT molecular complexity index is 578. The van der Waals surface area contributed by atoms with Crippen LogP contribution in [0.3, 0.4) is 0 Å². The SMILES string of the molecule is CC(C)CC1SC(c2cnco2)=[C]N1c1ccccc1. The lowest BCUT2D eigenvalue weighted by atomic mass is 10.1. The van der Waals surface area contributed by atoms with Gasteiger partial charge >= 0.3 is 0 Å². The highest BCUT2D eigenvalue weighted by Gasteiger charge is 2.29. The van der Waals surface area contributed by atoms with Gasteiger partial charge in [0.2, 0.25) is 0 Å². The molecule has 20 heavy (non-hydrogen) atoms. The number of hydrogen-bond acceptors (Lipinski definition) is 4. The molecule has 3 nitrogen and oxygen atoms in total. The minimum atomic E-state index is 0.359. The summed E-state index contributed by atoms with van der Waals surface area (Å²) in [6, 6.07) is 10.4. The molecule has 0 aliphatic carbocycles. The third kappa shape index (κ3) is 2.75. The molecule has 2 aromatic rings. The molecular formula is C16H17N2OS. The molecule has 1 aromatic carbocycles. The summed E-state index contributed by atoms with van der Waals surface area (Å²) in [7, 11) is 0. The largest absolute Gasteiger partial charge is 0.443 e. The molecule has 0 spiro atoms. The van der Waals surface area contributed by atoms with Crippen molar-refractivity contribution in [3.8, 4) is 0 Å². The van der Waals surface area contributed by atoms with Crippen molar-refractivity contribution in [2.45, 2.75) is 25.6 Å². The number of nitrogens with zero attached hydrogens (tertiary/aromatic N) is 2. The van der Waals surface area contributed by atoms with E-state index in [1.165, 1.54) is 12.1 Å². The molecule has 1 unspecified atom stereocenters. The van der Waals surface area contributed by atoms with Crippen LogP contribution in [0.15, 0.2) is 47.3 Å². The van der Waals surface area contributed by atoms with Gasteiger partial charge in [-0.25, -0.2) is 4.98 Å². The molecular weight excluding hydrogens is 268 g/mol. The van der Waals surface area contributed by atoms with Gasteiger partial charge in [0.15, 0.2) is 12.2 Å². The van der Waals surface area contributed by atoms with Gasteiger partial charge in [0.25, 0.3) is 0 Å². The van der Waals surface area contributed by atoms with Crippen molar-refractivity contribution in [2.24, 2.45) is 5.92 Å². The summed E-state index contributed by atoms with van der Waals surface area (Å²) in [6.07, 6.45) is 7.76. The fraction of sp³-hybridized carbons (Fsp3) is 0.312. The summed E-state index contributed by atoms with van der Waals surface area (Å²) in [4.78, 5) is 7.23. The maximum absolute atomic E-state index is 5.40. The van der Waals surface area contributed by atoms with E-state index in [1.807, 2.05) is 6.07 Å². The summed E-state index contributed by atoms with van der Waals surface area (Å²) in [5, 5.41) is 0.359. The quantitative estimate of drug-likeness (QED) is 0.832. The number of oxazole rings is 1. The average Bonchev–Trinajstić information content (AvgIpc) is 3.08. The van der Waals surface area contributed by atoms with Gasteiger partial charge in [-0.15, -0.1) is 0 Å². The van der Waals surface area contributed by atoms with Gasteiger partial charge in [0.05, 0.1) is 22.7 Å². The number of aromatic nitrogens is 1. The standard InChI is InChI=1S/C16H17N2OS/c1-12(2)8-16-18(13-6-4-3-5-7-13)10-15(20-16)14-9-17-11-19-14/h3-7,9,11-12,16H,8H2,1-2H3. The van der Waals surface area contributed by atoms with E-state index in [0.29, 0.717) is 11.3 Å². The van der Waals surface area contributed by atoms with E-state index in [0.717, 1.165) is 17.1 Å². The Kier molecular flexibility index (Phi) is 3.83. The van der Waals surface area contributed by atoms with E-state index in [1.54, 1.807) is 18.0 Å². The Morgan fingerprint density at radius 1 is 1.35 bits per heavy atom. The second kappa shape index (κ2) is 5.75. The molecule has 0 saturated carbocycles. The summed E-state index contributed by atoms with van der Waals surface area (Å²) in [5.74, 6) is 1.43. The molecule has 0 N–H and O–H groups in total. The van der Waals surface area contributed by atoms with Gasteiger partial charge in [-0.05, 0) is 24.5 Å². The van der Waals surface area contributed by atoms with E-state index in [4.69, 9.17) is 4.42 Å². The van der Waals surface area contributed by atoms with Crippen molar-refractivity contribution in [2.75, 3.05) is 4.90 Å². The number of thioether (sulfide) groups is 1. The Hall–Kier alpha value is -1.68. The number of rotatable bonds is 4. The van der Waals surface area contributed by atoms with Gasteiger partial charge in [-0.3, -0.25) is 0 Å². The second-order valence-corrected chi connectivity index (χ2v) is 6.40. The van der Waals surface area contributed by atoms with Crippen LogP contribution in [0, 0.1) is 12.1 Å². The topological polar surface area (TPSA) is 29.3 Å². The Morgan fingerprint density at radius 3 is 2.80 bits per heavy atom.